The molecule has 0 bridgehead atoms. The van der Waals surface area contributed by atoms with Gasteiger partial charge in [0.2, 0.25) is 0 Å². The Kier molecular flexibility index (Phi) is 6.44. The number of amides is 2. The highest BCUT2D eigenvalue weighted by molar-refractivity contribution is 5.83. The van der Waals surface area contributed by atoms with Crippen molar-refractivity contribution in [2.24, 2.45) is 5.92 Å². The van der Waals surface area contributed by atoms with Gasteiger partial charge in [-0.1, -0.05) is 50.1 Å². The minimum absolute atomic E-state index is 0.179. The van der Waals surface area contributed by atoms with E-state index in [2.05, 4.69) is 17.6 Å². The molecule has 1 saturated carbocycles. The molecule has 1 aliphatic carbocycles. The predicted molar refractivity (Wildman–Crippen MR) is 89.0 cm³/mol. The Morgan fingerprint density at radius 3 is 2.57 bits per heavy atom. The van der Waals surface area contributed by atoms with E-state index in [9.17, 15) is 9.59 Å². The van der Waals surface area contributed by atoms with Gasteiger partial charge in [0.25, 0.3) is 0 Å². The van der Waals surface area contributed by atoms with Crippen molar-refractivity contribution in [1.82, 2.24) is 10.6 Å². The molecule has 0 aliphatic heterocycles. The number of urea groups is 1. The maximum Gasteiger partial charge on any atom is 0.328 e. The summed E-state index contributed by atoms with van der Waals surface area (Å²) in [5.41, 5.74) is 0.981. The third-order valence-corrected chi connectivity index (χ3v) is 4.50. The number of rotatable bonds is 5. The van der Waals surface area contributed by atoms with E-state index in [1.807, 2.05) is 30.3 Å². The molecule has 2 N–H and O–H groups in total. The largest absolute Gasteiger partial charge is 0.467 e. The summed E-state index contributed by atoms with van der Waals surface area (Å²) in [6.07, 6.45) is 4.91. The Labute approximate surface area is 137 Å². The normalized spacial score (nSPS) is 22.0. The SMILES string of the molecule is COC(=O)[C@@H](Cc1ccccc1)NC(=O)N[C@H]1CCCC[C@@H]1C. The molecule has 5 nitrogen and oxygen atoms in total. The van der Waals surface area contributed by atoms with Gasteiger partial charge in [0, 0.05) is 12.5 Å². The molecule has 2 rings (SSSR count). The molecular weight excluding hydrogens is 292 g/mol. The van der Waals surface area contributed by atoms with Crippen molar-refractivity contribution in [3.05, 3.63) is 35.9 Å². The van der Waals surface area contributed by atoms with Crippen molar-refractivity contribution in [3.63, 3.8) is 0 Å². The van der Waals surface area contributed by atoms with Gasteiger partial charge in [-0.15, -0.1) is 0 Å². The Hall–Kier alpha value is -2.04. The van der Waals surface area contributed by atoms with E-state index in [4.69, 9.17) is 4.74 Å². The number of carbonyl (C=O) groups is 2. The first kappa shape index (κ1) is 17.3. The summed E-state index contributed by atoms with van der Waals surface area (Å²) in [4.78, 5) is 24.2. The molecule has 1 fully saturated rings. The van der Waals surface area contributed by atoms with E-state index in [0.29, 0.717) is 12.3 Å². The first-order chi connectivity index (χ1) is 11.1. The lowest BCUT2D eigenvalue weighted by Gasteiger charge is -2.30. The number of carbonyl (C=O) groups excluding carboxylic acids is 2. The molecule has 0 radical (unpaired) electrons. The second-order valence-corrected chi connectivity index (χ2v) is 6.25. The summed E-state index contributed by atoms with van der Waals surface area (Å²) in [6, 6.07) is 8.80. The minimum atomic E-state index is -0.679. The van der Waals surface area contributed by atoms with Crippen LogP contribution in [0.25, 0.3) is 0 Å². The van der Waals surface area contributed by atoms with Gasteiger partial charge in [-0.2, -0.15) is 0 Å². The first-order valence-electron chi connectivity index (χ1n) is 8.29. The van der Waals surface area contributed by atoms with Gasteiger partial charge in [-0.3, -0.25) is 0 Å². The summed E-state index contributed by atoms with van der Waals surface area (Å²) >= 11 is 0. The molecule has 0 unspecified atom stereocenters. The number of nitrogens with one attached hydrogen (secondary N) is 2. The van der Waals surface area contributed by atoms with Gasteiger partial charge < -0.3 is 15.4 Å². The third kappa shape index (κ3) is 5.27. The van der Waals surface area contributed by atoms with Crippen LogP contribution in [0.15, 0.2) is 30.3 Å². The number of hydrogen-bond acceptors (Lipinski definition) is 3. The van der Waals surface area contributed by atoms with Crippen molar-refractivity contribution in [1.29, 1.82) is 0 Å². The van der Waals surface area contributed by atoms with E-state index in [0.717, 1.165) is 24.8 Å². The highest BCUT2D eigenvalue weighted by Crippen LogP contribution is 2.23. The van der Waals surface area contributed by atoms with Crippen LogP contribution in [0.4, 0.5) is 4.79 Å². The van der Waals surface area contributed by atoms with E-state index >= 15 is 0 Å². The van der Waals surface area contributed by atoms with Gasteiger partial charge >= 0.3 is 12.0 Å². The van der Waals surface area contributed by atoms with Crippen LogP contribution in [0, 0.1) is 5.92 Å². The maximum atomic E-state index is 12.2. The van der Waals surface area contributed by atoms with E-state index in [1.54, 1.807) is 0 Å². The van der Waals surface area contributed by atoms with Crippen molar-refractivity contribution in [2.45, 2.75) is 51.1 Å². The van der Waals surface area contributed by atoms with Crippen LogP contribution in [0.1, 0.15) is 38.2 Å². The average molecular weight is 318 g/mol. The summed E-state index contributed by atoms with van der Waals surface area (Å²) in [6.45, 7) is 2.16. The zero-order valence-electron chi connectivity index (χ0n) is 13.9. The number of methoxy groups -OCH3 is 1. The van der Waals surface area contributed by atoms with Crippen molar-refractivity contribution in [3.8, 4) is 0 Å². The Bertz CT molecular complexity index is 518. The average Bonchev–Trinajstić information content (AvgIpc) is 2.56. The standard InChI is InChI=1S/C18H26N2O3/c1-13-8-6-7-11-15(13)19-18(22)20-16(17(21)23-2)12-14-9-4-3-5-10-14/h3-5,9-10,13,15-16H,6-8,11-12H2,1-2H3,(H2,19,20,22)/t13-,15-,16+/m0/s1. The monoisotopic (exact) mass is 318 g/mol. The molecule has 0 saturated heterocycles. The number of esters is 1. The summed E-state index contributed by atoms with van der Waals surface area (Å²) < 4.78 is 4.82. The van der Waals surface area contributed by atoms with Crippen molar-refractivity contribution < 1.29 is 14.3 Å². The second-order valence-electron chi connectivity index (χ2n) is 6.25. The molecule has 23 heavy (non-hydrogen) atoms. The topological polar surface area (TPSA) is 67.4 Å². The minimum Gasteiger partial charge on any atom is -0.467 e. The Morgan fingerprint density at radius 1 is 1.22 bits per heavy atom. The molecule has 3 atom stereocenters. The van der Waals surface area contributed by atoms with Crippen LogP contribution in [0.3, 0.4) is 0 Å². The van der Waals surface area contributed by atoms with Gasteiger partial charge in [-0.25, -0.2) is 9.59 Å². The number of hydrogen-bond donors (Lipinski definition) is 2. The van der Waals surface area contributed by atoms with E-state index in [1.165, 1.54) is 13.5 Å². The summed E-state index contributed by atoms with van der Waals surface area (Å²) in [5.74, 6) is 0.0425. The van der Waals surface area contributed by atoms with Crippen LogP contribution in [-0.2, 0) is 16.0 Å². The smallest absolute Gasteiger partial charge is 0.328 e. The highest BCUT2D eigenvalue weighted by atomic mass is 16.5. The van der Waals surface area contributed by atoms with Crippen LogP contribution in [-0.4, -0.2) is 31.2 Å². The molecule has 5 heteroatoms. The lowest BCUT2D eigenvalue weighted by molar-refractivity contribution is -0.142. The third-order valence-electron chi connectivity index (χ3n) is 4.50. The lowest BCUT2D eigenvalue weighted by atomic mass is 9.86. The number of ether oxygens (including phenoxy) is 1. The zero-order valence-corrected chi connectivity index (χ0v) is 13.9. The molecule has 1 aliphatic rings. The van der Waals surface area contributed by atoms with E-state index < -0.39 is 12.0 Å². The molecule has 1 aromatic carbocycles. The van der Waals surface area contributed by atoms with Crippen LogP contribution in [0.2, 0.25) is 0 Å². The maximum absolute atomic E-state index is 12.2. The molecule has 0 spiro atoms. The summed E-state index contributed by atoms with van der Waals surface area (Å²) in [5, 5.41) is 5.77. The van der Waals surface area contributed by atoms with Crippen LogP contribution >= 0.6 is 0 Å². The Morgan fingerprint density at radius 2 is 1.91 bits per heavy atom. The van der Waals surface area contributed by atoms with Crippen LogP contribution < -0.4 is 10.6 Å². The second kappa shape index (κ2) is 8.56. The van der Waals surface area contributed by atoms with Crippen molar-refractivity contribution in [2.75, 3.05) is 7.11 Å². The van der Waals surface area contributed by atoms with Crippen LogP contribution in [0.5, 0.6) is 0 Å². The Balaban J connectivity index is 1.94. The molecule has 0 heterocycles. The van der Waals surface area contributed by atoms with E-state index in [-0.39, 0.29) is 12.1 Å². The number of benzene rings is 1. The van der Waals surface area contributed by atoms with Gasteiger partial charge in [0.15, 0.2) is 0 Å². The molecule has 126 valence electrons. The molecular formula is C18H26N2O3. The fourth-order valence-electron chi connectivity index (χ4n) is 3.08. The first-order valence-corrected chi connectivity index (χ1v) is 8.29. The molecule has 2 amide bonds. The lowest BCUT2D eigenvalue weighted by Crippen LogP contribution is -2.52. The fourth-order valence-corrected chi connectivity index (χ4v) is 3.08. The quantitative estimate of drug-likeness (QED) is 0.820. The predicted octanol–water partition coefficient (Wildman–Crippen LogP) is 2.65. The summed E-state index contributed by atoms with van der Waals surface area (Å²) in [7, 11) is 1.34. The molecule has 0 aromatic heterocycles. The van der Waals surface area contributed by atoms with Gasteiger partial charge in [-0.05, 0) is 24.3 Å². The fraction of sp³-hybridized carbons (Fsp3) is 0.556. The zero-order chi connectivity index (χ0) is 16.7. The van der Waals surface area contributed by atoms with Gasteiger partial charge in [0.05, 0.1) is 7.11 Å². The highest BCUT2D eigenvalue weighted by Gasteiger charge is 2.26. The van der Waals surface area contributed by atoms with Crippen molar-refractivity contribution >= 4 is 12.0 Å². The van der Waals surface area contributed by atoms with Gasteiger partial charge in [0.1, 0.15) is 6.04 Å². The molecule has 1 aromatic rings.